The maximum absolute atomic E-state index is 12.2. The predicted molar refractivity (Wildman–Crippen MR) is 70.1 cm³/mol. The van der Waals surface area contributed by atoms with E-state index in [0.29, 0.717) is 11.5 Å². The molecule has 1 unspecified atom stereocenters. The monoisotopic (exact) mass is 243 g/mol. The Kier molecular flexibility index (Phi) is 4.01. The van der Waals surface area contributed by atoms with Gasteiger partial charge in [0.05, 0.1) is 0 Å². The van der Waals surface area contributed by atoms with Crippen LogP contribution in [-0.2, 0) is 0 Å². The molecule has 1 N–H and O–H groups in total. The molecule has 3 heteroatoms. The molecule has 0 radical (unpaired) electrons. The van der Waals surface area contributed by atoms with Crippen molar-refractivity contribution in [3.63, 3.8) is 0 Å². The summed E-state index contributed by atoms with van der Waals surface area (Å²) in [6.45, 7) is 3.73. The topological polar surface area (TPSA) is 40.5 Å². The van der Waals surface area contributed by atoms with Gasteiger partial charge in [0.25, 0.3) is 5.91 Å². The van der Waals surface area contributed by atoms with Gasteiger partial charge in [0.2, 0.25) is 0 Å². The fourth-order valence-electron chi connectivity index (χ4n) is 2.14. The van der Waals surface area contributed by atoms with E-state index in [1.54, 1.807) is 12.1 Å². The van der Waals surface area contributed by atoms with E-state index in [9.17, 15) is 4.79 Å². The highest BCUT2D eigenvalue weighted by atomic mass is 16.2. The van der Waals surface area contributed by atoms with Crippen LogP contribution in [0.1, 0.15) is 29.3 Å². The van der Waals surface area contributed by atoms with Crippen LogP contribution in [0.15, 0.2) is 24.3 Å². The molecular formula is C15H17NO2. The first-order chi connectivity index (χ1) is 8.70. The van der Waals surface area contributed by atoms with Gasteiger partial charge < -0.3 is 10.0 Å². The van der Waals surface area contributed by atoms with Crippen LogP contribution >= 0.6 is 0 Å². The summed E-state index contributed by atoms with van der Waals surface area (Å²) in [7, 11) is 0. The maximum atomic E-state index is 12.2. The van der Waals surface area contributed by atoms with Crippen LogP contribution in [0, 0.1) is 17.8 Å². The van der Waals surface area contributed by atoms with E-state index in [4.69, 9.17) is 5.11 Å². The Hall–Kier alpha value is -1.79. The molecule has 1 heterocycles. The molecule has 1 saturated heterocycles. The van der Waals surface area contributed by atoms with Crippen molar-refractivity contribution in [2.75, 3.05) is 19.7 Å². The third-order valence-corrected chi connectivity index (χ3v) is 3.15. The molecule has 1 fully saturated rings. The number of aliphatic hydroxyl groups excluding tert-OH is 1. The van der Waals surface area contributed by atoms with Crippen LogP contribution in [0.5, 0.6) is 0 Å². The lowest BCUT2D eigenvalue weighted by Gasteiger charge is -2.15. The highest BCUT2D eigenvalue weighted by Gasteiger charge is 2.23. The largest absolute Gasteiger partial charge is 0.384 e. The Balaban J connectivity index is 2.07. The van der Waals surface area contributed by atoms with Gasteiger partial charge in [0.1, 0.15) is 6.61 Å². The summed E-state index contributed by atoms with van der Waals surface area (Å²) in [6.07, 6.45) is 1.09. The van der Waals surface area contributed by atoms with Gasteiger partial charge in [-0.25, -0.2) is 0 Å². The summed E-state index contributed by atoms with van der Waals surface area (Å²) >= 11 is 0. The minimum Gasteiger partial charge on any atom is -0.384 e. The first kappa shape index (κ1) is 12.7. The molecule has 1 aromatic rings. The number of benzene rings is 1. The lowest BCUT2D eigenvalue weighted by molar-refractivity contribution is 0.0788. The number of rotatable bonds is 1. The first-order valence-corrected chi connectivity index (χ1v) is 6.20. The molecule has 0 spiro atoms. The molecule has 1 aliphatic heterocycles. The van der Waals surface area contributed by atoms with Crippen LogP contribution in [0.2, 0.25) is 0 Å². The maximum Gasteiger partial charge on any atom is 0.253 e. The highest BCUT2D eigenvalue weighted by molar-refractivity contribution is 5.94. The van der Waals surface area contributed by atoms with E-state index in [1.165, 1.54) is 0 Å². The molecular weight excluding hydrogens is 226 g/mol. The van der Waals surface area contributed by atoms with Crippen molar-refractivity contribution in [2.45, 2.75) is 13.3 Å². The minimum absolute atomic E-state index is 0.0982. The minimum atomic E-state index is -0.146. The summed E-state index contributed by atoms with van der Waals surface area (Å²) in [5.41, 5.74) is 1.52. The van der Waals surface area contributed by atoms with Crippen molar-refractivity contribution in [2.24, 2.45) is 5.92 Å². The molecule has 3 nitrogen and oxygen atoms in total. The number of hydrogen-bond acceptors (Lipinski definition) is 2. The van der Waals surface area contributed by atoms with Crippen molar-refractivity contribution >= 4 is 5.91 Å². The van der Waals surface area contributed by atoms with Crippen molar-refractivity contribution in [3.8, 4) is 11.8 Å². The first-order valence-electron chi connectivity index (χ1n) is 6.20. The molecule has 2 rings (SSSR count). The van der Waals surface area contributed by atoms with Crippen molar-refractivity contribution in [1.82, 2.24) is 4.90 Å². The van der Waals surface area contributed by atoms with Crippen LogP contribution in [0.4, 0.5) is 0 Å². The van der Waals surface area contributed by atoms with Gasteiger partial charge in [-0.1, -0.05) is 18.8 Å². The fourth-order valence-corrected chi connectivity index (χ4v) is 2.14. The van der Waals surface area contributed by atoms with Crippen LogP contribution < -0.4 is 0 Å². The number of aliphatic hydroxyl groups is 1. The van der Waals surface area contributed by atoms with Crippen LogP contribution in [0.3, 0.4) is 0 Å². The smallest absolute Gasteiger partial charge is 0.253 e. The van der Waals surface area contributed by atoms with Crippen molar-refractivity contribution in [3.05, 3.63) is 35.4 Å². The second-order valence-corrected chi connectivity index (χ2v) is 4.68. The molecule has 0 bridgehead atoms. The Labute approximate surface area is 107 Å². The summed E-state index contributed by atoms with van der Waals surface area (Å²) in [5, 5.41) is 8.60. The predicted octanol–water partition coefficient (Wildman–Crippen LogP) is 1.51. The molecule has 1 aliphatic rings. The highest BCUT2D eigenvalue weighted by Crippen LogP contribution is 2.18. The summed E-state index contributed by atoms with van der Waals surface area (Å²) in [5.74, 6) is 6.10. The summed E-state index contributed by atoms with van der Waals surface area (Å²) in [6, 6.07) is 7.23. The number of nitrogens with zero attached hydrogens (tertiary/aromatic N) is 1. The van der Waals surface area contributed by atoms with Gasteiger partial charge in [-0.05, 0) is 36.6 Å². The van der Waals surface area contributed by atoms with Crippen LogP contribution in [0.25, 0.3) is 0 Å². The molecule has 0 aromatic heterocycles. The summed E-state index contributed by atoms with van der Waals surface area (Å²) < 4.78 is 0. The van der Waals surface area contributed by atoms with Gasteiger partial charge in [0, 0.05) is 24.2 Å². The lowest BCUT2D eigenvalue weighted by Crippen LogP contribution is -2.28. The average Bonchev–Trinajstić information content (AvgIpc) is 2.83. The van der Waals surface area contributed by atoms with E-state index in [1.807, 2.05) is 17.0 Å². The van der Waals surface area contributed by atoms with Gasteiger partial charge in [0.15, 0.2) is 0 Å². The van der Waals surface area contributed by atoms with Gasteiger partial charge in [-0.15, -0.1) is 0 Å². The third-order valence-electron chi connectivity index (χ3n) is 3.15. The number of carbonyl (C=O) groups is 1. The molecule has 0 saturated carbocycles. The van der Waals surface area contributed by atoms with E-state index in [0.717, 1.165) is 25.1 Å². The number of likely N-dealkylation sites (tertiary alicyclic amines) is 1. The molecule has 0 aliphatic carbocycles. The van der Waals surface area contributed by atoms with Gasteiger partial charge >= 0.3 is 0 Å². The molecule has 1 amide bonds. The standard InChI is InChI=1S/C15H17NO2/c1-12-8-9-16(11-12)15(18)14-6-4-13(5-7-14)3-2-10-17/h4-7,12,17H,8-11H2,1H3. The zero-order valence-corrected chi connectivity index (χ0v) is 10.5. The lowest BCUT2D eigenvalue weighted by atomic mass is 10.1. The molecule has 1 atom stereocenters. The van der Waals surface area contributed by atoms with Crippen molar-refractivity contribution < 1.29 is 9.90 Å². The van der Waals surface area contributed by atoms with E-state index in [-0.39, 0.29) is 12.5 Å². The molecule has 94 valence electrons. The summed E-state index contributed by atoms with van der Waals surface area (Å²) in [4.78, 5) is 14.1. The van der Waals surface area contributed by atoms with E-state index in [2.05, 4.69) is 18.8 Å². The number of hydrogen-bond donors (Lipinski definition) is 1. The Bertz CT molecular complexity index is 481. The second-order valence-electron chi connectivity index (χ2n) is 4.68. The van der Waals surface area contributed by atoms with Gasteiger partial charge in [-0.2, -0.15) is 0 Å². The zero-order valence-electron chi connectivity index (χ0n) is 10.5. The van der Waals surface area contributed by atoms with Crippen LogP contribution in [-0.4, -0.2) is 35.6 Å². The second kappa shape index (κ2) is 5.70. The Morgan fingerprint density at radius 2 is 2.17 bits per heavy atom. The normalized spacial score (nSPS) is 18.3. The number of amides is 1. The average molecular weight is 243 g/mol. The van der Waals surface area contributed by atoms with E-state index < -0.39 is 0 Å². The SMILES string of the molecule is CC1CCN(C(=O)c2ccc(C#CCO)cc2)C1. The zero-order chi connectivity index (χ0) is 13.0. The van der Waals surface area contributed by atoms with E-state index >= 15 is 0 Å². The quantitative estimate of drug-likeness (QED) is 0.760. The fraction of sp³-hybridized carbons (Fsp3) is 0.400. The number of carbonyl (C=O) groups excluding carboxylic acids is 1. The third kappa shape index (κ3) is 2.91. The molecule has 18 heavy (non-hydrogen) atoms. The van der Waals surface area contributed by atoms with Crippen molar-refractivity contribution in [1.29, 1.82) is 0 Å². The van der Waals surface area contributed by atoms with Gasteiger partial charge in [-0.3, -0.25) is 4.79 Å². The Morgan fingerprint density at radius 3 is 2.72 bits per heavy atom. The molecule has 1 aromatic carbocycles. The Morgan fingerprint density at radius 1 is 1.44 bits per heavy atom.